The number of ether oxygens (including phenoxy) is 1. The maximum Gasteiger partial charge on any atom is 0.346 e. The minimum absolute atomic E-state index is 0.297. The standard InChI is InChI=1S/C13H11NO3/c1-17-12-7-5-10(6-8-12)3-2-4-11(9-14)13(15)16/h2-8H,1H3,(H,15,16)/b3-2+,11-4+. The molecule has 0 bridgehead atoms. The number of nitrogens with zero attached hydrogens (tertiary/aromatic N) is 1. The van der Waals surface area contributed by atoms with Crippen molar-refractivity contribution < 1.29 is 14.6 Å². The van der Waals surface area contributed by atoms with Gasteiger partial charge in [0.1, 0.15) is 17.4 Å². The Hall–Kier alpha value is -2.54. The number of methoxy groups -OCH3 is 1. The molecular weight excluding hydrogens is 218 g/mol. The average Bonchev–Trinajstić information content (AvgIpc) is 2.35. The lowest BCUT2D eigenvalue weighted by Gasteiger charge is -1.98. The van der Waals surface area contributed by atoms with Crippen molar-refractivity contribution in [2.24, 2.45) is 0 Å². The van der Waals surface area contributed by atoms with Crippen LogP contribution in [0.3, 0.4) is 0 Å². The van der Waals surface area contributed by atoms with E-state index in [2.05, 4.69) is 0 Å². The van der Waals surface area contributed by atoms with Crippen molar-refractivity contribution in [2.75, 3.05) is 7.11 Å². The molecule has 0 spiro atoms. The van der Waals surface area contributed by atoms with Crippen LogP contribution in [0, 0.1) is 11.3 Å². The summed E-state index contributed by atoms with van der Waals surface area (Å²) in [7, 11) is 1.58. The largest absolute Gasteiger partial charge is 0.497 e. The van der Waals surface area contributed by atoms with Crippen LogP contribution in [-0.2, 0) is 4.79 Å². The van der Waals surface area contributed by atoms with Gasteiger partial charge in [-0.25, -0.2) is 4.79 Å². The summed E-state index contributed by atoms with van der Waals surface area (Å²) < 4.78 is 5.00. The molecule has 4 heteroatoms. The van der Waals surface area contributed by atoms with Gasteiger partial charge in [-0.15, -0.1) is 0 Å². The first-order chi connectivity index (χ1) is 8.17. The highest BCUT2D eigenvalue weighted by Gasteiger charge is 2.02. The molecule has 86 valence electrons. The van der Waals surface area contributed by atoms with E-state index in [1.54, 1.807) is 31.4 Å². The molecule has 4 nitrogen and oxygen atoms in total. The summed E-state index contributed by atoms with van der Waals surface area (Å²) in [6.45, 7) is 0. The van der Waals surface area contributed by atoms with Crippen molar-refractivity contribution in [2.45, 2.75) is 0 Å². The number of allylic oxidation sites excluding steroid dienone is 2. The molecule has 0 aliphatic carbocycles. The van der Waals surface area contributed by atoms with Gasteiger partial charge in [0.15, 0.2) is 0 Å². The van der Waals surface area contributed by atoms with E-state index in [9.17, 15) is 4.79 Å². The molecule has 0 saturated carbocycles. The summed E-state index contributed by atoms with van der Waals surface area (Å²) in [6, 6.07) is 8.85. The van der Waals surface area contributed by atoms with E-state index in [1.165, 1.54) is 12.2 Å². The Morgan fingerprint density at radius 2 is 2.06 bits per heavy atom. The van der Waals surface area contributed by atoms with E-state index in [0.717, 1.165) is 11.3 Å². The van der Waals surface area contributed by atoms with Crippen LogP contribution in [0.5, 0.6) is 5.75 Å². The zero-order valence-corrected chi connectivity index (χ0v) is 9.25. The molecule has 0 aliphatic rings. The fourth-order valence-electron chi connectivity index (χ4n) is 1.13. The zero-order valence-electron chi connectivity index (χ0n) is 9.25. The van der Waals surface area contributed by atoms with Crippen LogP contribution in [0.1, 0.15) is 5.56 Å². The van der Waals surface area contributed by atoms with Crippen LogP contribution in [0.25, 0.3) is 6.08 Å². The minimum atomic E-state index is -1.23. The van der Waals surface area contributed by atoms with Gasteiger partial charge in [-0.1, -0.05) is 24.3 Å². The quantitative estimate of drug-likeness (QED) is 0.488. The smallest absolute Gasteiger partial charge is 0.346 e. The molecule has 0 heterocycles. The van der Waals surface area contributed by atoms with Crippen LogP contribution in [-0.4, -0.2) is 18.2 Å². The molecule has 0 aliphatic heterocycles. The Labute approximate surface area is 99.1 Å². The van der Waals surface area contributed by atoms with Gasteiger partial charge in [0.05, 0.1) is 7.11 Å². The molecule has 1 aromatic rings. The molecule has 0 fully saturated rings. The molecule has 1 rings (SSSR count). The Bertz CT molecular complexity index is 492. The third kappa shape index (κ3) is 3.84. The second-order valence-corrected chi connectivity index (χ2v) is 3.13. The van der Waals surface area contributed by atoms with Crippen molar-refractivity contribution in [1.29, 1.82) is 5.26 Å². The average molecular weight is 229 g/mol. The van der Waals surface area contributed by atoms with Gasteiger partial charge in [0.2, 0.25) is 0 Å². The first kappa shape index (κ1) is 12.5. The lowest BCUT2D eigenvalue weighted by Crippen LogP contribution is -1.96. The highest BCUT2D eigenvalue weighted by molar-refractivity contribution is 5.91. The number of benzene rings is 1. The van der Waals surface area contributed by atoms with Crippen molar-refractivity contribution in [3.8, 4) is 11.8 Å². The Morgan fingerprint density at radius 1 is 1.41 bits per heavy atom. The van der Waals surface area contributed by atoms with Crippen LogP contribution in [0.15, 0.2) is 42.0 Å². The van der Waals surface area contributed by atoms with Crippen LogP contribution < -0.4 is 4.74 Å². The number of carbonyl (C=O) groups is 1. The zero-order chi connectivity index (χ0) is 12.7. The molecule has 1 N–H and O–H groups in total. The van der Waals surface area contributed by atoms with Gasteiger partial charge in [0.25, 0.3) is 0 Å². The summed E-state index contributed by atoms with van der Waals surface area (Å²) in [5.74, 6) is -0.479. The molecule has 1 aromatic carbocycles. The van der Waals surface area contributed by atoms with Gasteiger partial charge >= 0.3 is 5.97 Å². The van der Waals surface area contributed by atoms with Crippen molar-refractivity contribution in [3.05, 3.63) is 47.6 Å². The molecule has 0 amide bonds. The second-order valence-electron chi connectivity index (χ2n) is 3.13. The van der Waals surface area contributed by atoms with Crippen LogP contribution in [0.2, 0.25) is 0 Å². The summed E-state index contributed by atoms with van der Waals surface area (Å²) >= 11 is 0. The molecule has 0 aromatic heterocycles. The minimum Gasteiger partial charge on any atom is -0.497 e. The first-order valence-electron chi connectivity index (χ1n) is 4.83. The van der Waals surface area contributed by atoms with Crippen molar-refractivity contribution in [3.63, 3.8) is 0 Å². The van der Waals surface area contributed by atoms with Crippen molar-refractivity contribution >= 4 is 12.0 Å². The summed E-state index contributed by atoms with van der Waals surface area (Å²) in [5.41, 5.74) is 0.597. The van der Waals surface area contributed by atoms with E-state index < -0.39 is 5.97 Å². The molecule has 0 unspecified atom stereocenters. The number of rotatable bonds is 4. The lowest BCUT2D eigenvalue weighted by molar-refractivity contribution is -0.132. The lowest BCUT2D eigenvalue weighted by atomic mass is 10.2. The summed E-state index contributed by atoms with van der Waals surface area (Å²) in [4.78, 5) is 10.5. The molecular formula is C13H11NO3. The van der Waals surface area contributed by atoms with Gasteiger partial charge in [-0.2, -0.15) is 5.26 Å². The first-order valence-corrected chi connectivity index (χ1v) is 4.83. The van der Waals surface area contributed by atoms with Gasteiger partial charge in [0, 0.05) is 0 Å². The number of hydrogen-bond acceptors (Lipinski definition) is 3. The summed E-state index contributed by atoms with van der Waals surface area (Å²) in [6.07, 6.45) is 4.49. The topological polar surface area (TPSA) is 70.3 Å². The third-order valence-corrected chi connectivity index (χ3v) is 2.02. The fourth-order valence-corrected chi connectivity index (χ4v) is 1.13. The van der Waals surface area contributed by atoms with E-state index in [0.29, 0.717) is 0 Å². The summed E-state index contributed by atoms with van der Waals surface area (Å²) in [5, 5.41) is 17.1. The monoisotopic (exact) mass is 229 g/mol. The number of carboxylic acids is 1. The van der Waals surface area contributed by atoms with E-state index in [-0.39, 0.29) is 5.57 Å². The fraction of sp³-hybridized carbons (Fsp3) is 0.0769. The number of hydrogen-bond donors (Lipinski definition) is 1. The van der Waals surface area contributed by atoms with Gasteiger partial charge in [-0.05, 0) is 23.8 Å². The van der Waals surface area contributed by atoms with Crippen LogP contribution >= 0.6 is 0 Å². The van der Waals surface area contributed by atoms with E-state index in [1.807, 2.05) is 12.1 Å². The SMILES string of the molecule is COc1ccc(/C=C/C=C(\C#N)C(=O)O)cc1. The number of carboxylic acid groups (broad SMARTS) is 1. The molecule has 0 radical (unpaired) electrons. The van der Waals surface area contributed by atoms with E-state index >= 15 is 0 Å². The number of nitriles is 1. The highest BCUT2D eigenvalue weighted by Crippen LogP contribution is 2.12. The highest BCUT2D eigenvalue weighted by atomic mass is 16.5. The van der Waals surface area contributed by atoms with E-state index in [4.69, 9.17) is 15.1 Å². The number of aliphatic carboxylic acids is 1. The van der Waals surface area contributed by atoms with Gasteiger partial charge < -0.3 is 9.84 Å². The third-order valence-electron chi connectivity index (χ3n) is 2.02. The maximum absolute atomic E-state index is 10.5. The van der Waals surface area contributed by atoms with Crippen molar-refractivity contribution in [1.82, 2.24) is 0 Å². The second kappa shape index (κ2) is 6.13. The Balaban J connectivity index is 2.77. The Morgan fingerprint density at radius 3 is 2.53 bits per heavy atom. The predicted molar refractivity (Wildman–Crippen MR) is 63.4 cm³/mol. The predicted octanol–water partition coefficient (Wildman–Crippen LogP) is 2.24. The van der Waals surface area contributed by atoms with Gasteiger partial charge in [-0.3, -0.25) is 0 Å². The molecule has 0 saturated heterocycles. The Kier molecular flexibility index (Phi) is 4.52. The maximum atomic E-state index is 10.5. The normalized spacial score (nSPS) is 11.2. The van der Waals surface area contributed by atoms with Crippen LogP contribution in [0.4, 0.5) is 0 Å². The molecule has 17 heavy (non-hydrogen) atoms. The molecule has 0 atom stereocenters.